The van der Waals surface area contributed by atoms with Crippen LogP contribution < -0.4 is 15.6 Å². The van der Waals surface area contributed by atoms with Crippen LogP contribution in [-0.4, -0.2) is 77.5 Å². The Balaban J connectivity index is 1.35. The van der Waals surface area contributed by atoms with Gasteiger partial charge in [0.15, 0.2) is 5.82 Å². The van der Waals surface area contributed by atoms with Crippen molar-refractivity contribution >= 4 is 28.4 Å². The minimum Gasteiger partial charge on any atom is -0.496 e. The molecule has 2 amide bonds. The predicted molar refractivity (Wildman–Crippen MR) is 147 cm³/mol. The van der Waals surface area contributed by atoms with E-state index in [2.05, 4.69) is 15.6 Å². The topological polar surface area (TPSA) is 149 Å². The SMILES string of the molecule is COc1cc2nn(C3CCC(N(C)C(=O)[C@@H](C)O)CC3)cc2cc1C(=O)Nc1cccn(-c2cn(C)nn2)c1=O. The van der Waals surface area contributed by atoms with Gasteiger partial charge in [-0.05, 0) is 50.8 Å². The lowest BCUT2D eigenvalue weighted by atomic mass is 9.90. The molecule has 13 heteroatoms. The van der Waals surface area contributed by atoms with E-state index in [1.165, 1.54) is 29.3 Å². The molecular formula is C27H32N8O5. The number of rotatable bonds is 7. The molecule has 0 aliphatic heterocycles. The number of aryl methyl sites for hydroxylation is 1. The third kappa shape index (κ3) is 5.19. The van der Waals surface area contributed by atoms with Crippen LogP contribution in [0.15, 0.2) is 47.7 Å². The Kier molecular flexibility index (Phi) is 7.39. The third-order valence-electron chi connectivity index (χ3n) is 7.41. The van der Waals surface area contributed by atoms with Crippen molar-refractivity contribution in [1.29, 1.82) is 0 Å². The molecule has 0 saturated heterocycles. The number of hydrogen-bond donors (Lipinski definition) is 2. The summed E-state index contributed by atoms with van der Waals surface area (Å²) in [4.78, 5) is 40.1. The van der Waals surface area contributed by atoms with Crippen molar-refractivity contribution in [3.05, 3.63) is 58.8 Å². The number of methoxy groups -OCH3 is 1. The average Bonchev–Trinajstić information content (AvgIpc) is 3.58. The standard InChI is InChI=1S/C27H32N8O5/c1-16(36)26(38)33(3)18-7-9-19(10-8-18)35-14-17-12-20(23(40-4)13-22(17)30-35)25(37)28-21-6-5-11-34(27(21)39)24-15-32(2)31-29-24/h5-6,11-16,18-19,36H,7-10H2,1-4H3,(H,28,37)/t16-,18?,19?/m1/s1. The lowest BCUT2D eigenvalue weighted by Crippen LogP contribution is -2.43. The number of aliphatic hydroxyl groups is 1. The molecule has 3 heterocycles. The van der Waals surface area contributed by atoms with Crippen LogP contribution in [0.1, 0.15) is 49.0 Å². The van der Waals surface area contributed by atoms with Gasteiger partial charge in [0, 0.05) is 44.0 Å². The zero-order valence-electron chi connectivity index (χ0n) is 22.8. The number of aliphatic hydroxyl groups excluding tert-OH is 1. The number of likely N-dealkylation sites (N-methyl/N-ethyl adjacent to an activating group) is 1. The van der Waals surface area contributed by atoms with Crippen LogP contribution in [0.25, 0.3) is 16.7 Å². The number of carbonyl (C=O) groups excluding carboxylic acids is 2. The summed E-state index contributed by atoms with van der Waals surface area (Å²) < 4.78 is 10.2. The molecule has 40 heavy (non-hydrogen) atoms. The van der Waals surface area contributed by atoms with Gasteiger partial charge in [-0.2, -0.15) is 5.10 Å². The fraction of sp³-hybridized carbons (Fsp3) is 0.407. The molecule has 2 N–H and O–H groups in total. The summed E-state index contributed by atoms with van der Waals surface area (Å²) in [5.74, 6) is -0.0891. The Morgan fingerprint density at radius 2 is 1.95 bits per heavy atom. The number of pyridine rings is 1. The summed E-state index contributed by atoms with van der Waals surface area (Å²) in [6.07, 6.45) is 7.30. The quantitative estimate of drug-likeness (QED) is 0.356. The summed E-state index contributed by atoms with van der Waals surface area (Å²) >= 11 is 0. The lowest BCUT2D eigenvalue weighted by molar-refractivity contribution is -0.140. The van der Waals surface area contributed by atoms with Crippen molar-refractivity contribution in [2.24, 2.45) is 7.05 Å². The zero-order valence-corrected chi connectivity index (χ0v) is 22.8. The van der Waals surface area contributed by atoms with Gasteiger partial charge in [-0.15, -0.1) is 5.10 Å². The van der Waals surface area contributed by atoms with Crippen LogP contribution in [0.2, 0.25) is 0 Å². The Labute approximate surface area is 229 Å². The number of aromatic nitrogens is 6. The van der Waals surface area contributed by atoms with Gasteiger partial charge < -0.3 is 20.1 Å². The maximum atomic E-state index is 13.3. The lowest BCUT2D eigenvalue weighted by Gasteiger charge is -2.35. The number of hydrogen-bond acceptors (Lipinski definition) is 8. The van der Waals surface area contributed by atoms with Crippen LogP contribution >= 0.6 is 0 Å². The highest BCUT2D eigenvalue weighted by Crippen LogP contribution is 2.33. The molecule has 1 aliphatic carbocycles. The van der Waals surface area contributed by atoms with Gasteiger partial charge in [0.25, 0.3) is 17.4 Å². The molecule has 210 valence electrons. The summed E-state index contributed by atoms with van der Waals surface area (Å²) in [6, 6.07) is 6.81. The van der Waals surface area contributed by atoms with Crippen molar-refractivity contribution in [2.45, 2.75) is 50.8 Å². The number of anilines is 1. The van der Waals surface area contributed by atoms with E-state index >= 15 is 0 Å². The van der Waals surface area contributed by atoms with Crippen LogP contribution in [0.3, 0.4) is 0 Å². The Morgan fingerprint density at radius 1 is 1.20 bits per heavy atom. The largest absolute Gasteiger partial charge is 0.496 e. The first-order valence-electron chi connectivity index (χ1n) is 13.1. The molecule has 1 atom stereocenters. The highest BCUT2D eigenvalue weighted by molar-refractivity contribution is 6.08. The molecule has 0 unspecified atom stereocenters. The number of carbonyl (C=O) groups is 2. The van der Waals surface area contributed by atoms with Crippen LogP contribution in [0, 0.1) is 0 Å². The molecule has 13 nitrogen and oxygen atoms in total. The molecule has 0 bridgehead atoms. The first-order chi connectivity index (χ1) is 19.2. The Bertz CT molecular complexity index is 1610. The molecule has 1 fully saturated rings. The molecular weight excluding hydrogens is 516 g/mol. The van der Waals surface area contributed by atoms with E-state index in [0.717, 1.165) is 31.1 Å². The highest BCUT2D eigenvalue weighted by atomic mass is 16.5. The van der Waals surface area contributed by atoms with Crippen molar-refractivity contribution in [2.75, 3.05) is 19.5 Å². The third-order valence-corrected chi connectivity index (χ3v) is 7.41. The van der Waals surface area contributed by atoms with E-state index < -0.39 is 17.6 Å². The van der Waals surface area contributed by atoms with Gasteiger partial charge in [-0.25, -0.2) is 0 Å². The van der Waals surface area contributed by atoms with Gasteiger partial charge in [0.2, 0.25) is 0 Å². The average molecular weight is 549 g/mol. The number of ether oxygens (including phenoxy) is 1. The molecule has 4 aromatic rings. The fourth-order valence-electron chi connectivity index (χ4n) is 5.19. The summed E-state index contributed by atoms with van der Waals surface area (Å²) in [5.41, 5.74) is 0.597. The molecule has 1 aliphatic rings. The van der Waals surface area contributed by atoms with Crippen LogP contribution in [0.5, 0.6) is 5.75 Å². The van der Waals surface area contributed by atoms with Gasteiger partial charge in [-0.1, -0.05) is 5.21 Å². The summed E-state index contributed by atoms with van der Waals surface area (Å²) in [7, 11) is 4.91. The second-order valence-corrected chi connectivity index (χ2v) is 10.1. The maximum absolute atomic E-state index is 13.3. The Hall–Kier alpha value is -4.52. The van der Waals surface area contributed by atoms with Crippen molar-refractivity contribution in [3.63, 3.8) is 0 Å². The van der Waals surface area contributed by atoms with Crippen LogP contribution in [-0.2, 0) is 11.8 Å². The number of nitrogens with zero attached hydrogens (tertiary/aromatic N) is 7. The van der Waals surface area contributed by atoms with Crippen LogP contribution in [0.4, 0.5) is 5.69 Å². The van der Waals surface area contributed by atoms with Crippen molar-refractivity contribution in [1.82, 2.24) is 34.2 Å². The second-order valence-electron chi connectivity index (χ2n) is 10.1. The van der Waals surface area contributed by atoms with Crippen molar-refractivity contribution in [3.8, 4) is 11.6 Å². The van der Waals surface area contributed by atoms with E-state index in [1.54, 1.807) is 49.6 Å². The van der Waals surface area contributed by atoms with Crippen molar-refractivity contribution < 1.29 is 19.4 Å². The normalized spacial score (nSPS) is 17.9. The van der Waals surface area contributed by atoms with E-state index in [0.29, 0.717) is 17.1 Å². The number of nitrogens with one attached hydrogen (secondary N) is 1. The van der Waals surface area contributed by atoms with Gasteiger partial charge in [-0.3, -0.25) is 28.3 Å². The van der Waals surface area contributed by atoms with E-state index in [-0.39, 0.29) is 29.2 Å². The highest BCUT2D eigenvalue weighted by Gasteiger charge is 2.29. The molecule has 0 radical (unpaired) electrons. The fourth-order valence-corrected chi connectivity index (χ4v) is 5.19. The smallest absolute Gasteiger partial charge is 0.280 e. The minimum atomic E-state index is -1.01. The number of fused-ring (bicyclic) bond motifs is 1. The van der Waals surface area contributed by atoms with Gasteiger partial charge in [0.1, 0.15) is 17.5 Å². The molecule has 1 saturated carbocycles. The minimum absolute atomic E-state index is 0.0789. The van der Waals surface area contributed by atoms with Gasteiger partial charge >= 0.3 is 0 Å². The first-order valence-corrected chi connectivity index (χ1v) is 13.1. The first kappa shape index (κ1) is 27.1. The Morgan fingerprint density at radius 3 is 2.60 bits per heavy atom. The summed E-state index contributed by atoms with van der Waals surface area (Å²) in [6.45, 7) is 1.48. The second kappa shape index (κ2) is 10.9. The molecule has 5 rings (SSSR count). The van der Waals surface area contributed by atoms with E-state index in [1.807, 2.05) is 10.9 Å². The molecule has 1 aromatic carbocycles. The number of amides is 2. The maximum Gasteiger partial charge on any atom is 0.280 e. The van der Waals surface area contributed by atoms with E-state index in [4.69, 9.17) is 9.84 Å². The predicted octanol–water partition coefficient (Wildman–Crippen LogP) is 1.90. The monoisotopic (exact) mass is 548 g/mol. The van der Waals surface area contributed by atoms with Gasteiger partial charge in [0.05, 0.1) is 30.4 Å². The number of benzene rings is 1. The molecule has 3 aromatic heterocycles. The summed E-state index contributed by atoms with van der Waals surface area (Å²) in [5, 5.41) is 25.6. The zero-order chi connectivity index (χ0) is 28.6. The molecule has 0 spiro atoms. The van der Waals surface area contributed by atoms with E-state index in [9.17, 15) is 19.5 Å².